The Bertz CT molecular complexity index is 1250. The van der Waals surface area contributed by atoms with Crippen LogP contribution in [-0.4, -0.2) is 21.0 Å². The Morgan fingerprint density at radius 1 is 1.10 bits per heavy atom. The van der Waals surface area contributed by atoms with Gasteiger partial charge in [0.05, 0.1) is 27.9 Å². The van der Waals surface area contributed by atoms with Crippen LogP contribution in [0.2, 0.25) is 0 Å². The van der Waals surface area contributed by atoms with E-state index in [9.17, 15) is 18.0 Å². The molecule has 0 atom stereocenters. The summed E-state index contributed by atoms with van der Waals surface area (Å²) in [4.78, 5) is 21.8. The van der Waals surface area contributed by atoms with Crippen LogP contribution in [0.4, 0.5) is 13.2 Å². The molecule has 10 heteroatoms. The molecule has 0 aliphatic rings. The second kappa shape index (κ2) is 8.60. The lowest BCUT2D eigenvalue weighted by molar-refractivity contribution is -0.138. The number of carboxylic acid groups (broad SMARTS) is 1. The monoisotopic (exact) mass is 480 g/mol. The van der Waals surface area contributed by atoms with Crippen molar-refractivity contribution in [2.75, 3.05) is 0 Å². The summed E-state index contributed by atoms with van der Waals surface area (Å²) in [6, 6.07) is 10.9. The van der Waals surface area contributed by atoms with Crippen LogP contribution >= 0.6 is 34.4 Å². The zero-order valence-corrected chi connectivity index (χ0v) is 18.5. The maximum atomic E-state index is 12.8. The predicted molar refractivity (Wildman–Crippen MR) is 118 cm³/mol. The molecule has 31 heavy (non-hydrogen) atoms. The molecule has 160 valence electrons. The minimum atomic E-state index is -4.35. The van der Waals surface area contributed by atoms with Crippen molar-refractivity contribution in [3.05, 3.63) is 63.6 Å². The lowest BCUT2D eigenvalue weighted by Crippen LogP contribution is -2.03. The highest BCUT2D eigenvalue weighted by molar-refractivity contribution is 7.98. The summed E-state index contributed by atoms with van der Waals surface area (Å²) in [6.45, 7) is 1.89. The maximum absolute atomic E-state index is 12.8. The fourth-order valence-electron chi connectivity index (χ4n) is 2.88. The van der Waals surface area contributed by atoms with Crippen LogP contribution in [0.5, 0.6) is 0 Å². The lowest BCUT2D eigenvalue weighted by Gasteiger charge is -2.06. The van der Waals surface area contributed by atoms with Crippen LogP contribution < -0.4 is 0 Å². The molecule has 4 aromatic rings. The summed E-state index contributed by atoms with van der Waals surface area (Å²) < 4.78 is 39.2. The predicted octanol–water partition coefficient (Wildman–Crippen LogP) is 6.67. The van der Waals surface area contributed by atoms with Gasteiger partial charge >= 0.3 is 12.1 Å². The summed E-state index contributed by atoms with van der Waals surface area (Å²) in [5.41, 5.74) is 1.62. The fraction of sp³-hybridized carbons (Fsp3) is 0.190. The molecule has 0 unspecified atom stereocenters. The van der Waals surface area contributed by atoms with Crippen LogP contribution in [0.25, 0.3) is 20.8 Å². The molecule has 2 aromatic carbocycles. The third kappa shape index (κ3) is 5.08. The highest BCUT2D eigenvalue weighted by atomic mass is 32.2. The molecule has 0 saturated heterocycles. The van der Waals surface area contributed by atoms with Gasteiger partial charge in [-0.1, -0.05) is 12.1 Å². The van der Waals surface area contributed by atoms with Crippen LogP contribution in [0, 0.1) is 6.92 Å². The number of aryl methyl sites for hydroxylation is 1. The number of hydrogen-bond acceptors (Lipinski definition) is 6. The molecule has 0 aliphatic heterocycles. The zero-order valence-electron chi connectivity index (χ0n) is 16.1. The molecular weight excluding hydrogens is 465 g/mol. The number of fused-ring (bicyclic) bond motifs is 1. The van der Waals surface area contributed by atoms with E-state index in [1.165, 1.54) is 34.8 Å². The number of aliphatic carboxylic acids is 1. The highest BCUT2D eigenvalue weighted by Crippen LogP contribution is 2.36. The number of nitrogens with zero attached hydrogens (tertiary/aromatic N) is 2. The Kier molecular flexibility index (Phi) is 6.05. The van der Waals surface area contributed by atoms with Gasteiger partial charge in [-0.25, -0.2) is 9.97 Å². The maximum Gasteiger partial charge on any atom is 0.416 e. The molecule has 0 radical (unpaired) electrons. The molecule has 4 nitrogen and oxygen atoms in total. The van der Waals surface area contributed by atoms with Crippen LogP contribution in [0.1, 0.15) is 21.1 Å². The number of halogens is 3. The van der Waals surface area contributed by atoms with Crippen molar-refractivity contribution >= 4 is 50.6 Å². The second-order valence-electron chi connectivity index (χ2n) is 6.70. The molecule has 0 fully saturated rings. The number of hydrogen-bond donors (Lipinski definition) is 1. The first-order valence-electron chi connectivity index (χ1n) is 9.07. The number of thioether (sulfide) groups is 1. The van der Waals surface area contributed by atoms with Gasteiger partial charge < -0.3 is 5.11 Å². The van der Waals surface area contributed by atoms with Crippen molar-refractivity contribution in [2.24, 2.45) is 0 Å². The number of carbonyl (C=O) groups is 1. The van der Waals surface area contributed by atoms with E-state index in [0.29, 0.717) is 21.3 Å². The number of benzene rings is 2. The molecule has 0 bridgehead atoms. The van der Waals surface area contributed by atoms with Gasteiger partial charge in [0.15, 0.2) is 0 Å². The number of carboxylic acids is 1. The summed E-state index contributed by atoms with van der Waals surface area (Å²) in [6.07, 6.45) is -4.44. The van der Waals surface area contributed by atoms with Crippen LogP contribution in [0.3, 0.4) is 0 Å². The smallest absolute Gasteiger partial charge is 0.416 e. The average molecular weight is 481 g/mol. The van der Waals surface area contributed by atoms with Crippen molar-refractivity contribution < 1.29 is 23.1 Å². The third-order valence-corrected chi connectivity index (χ3v) is 7.86. The molecule has 1 N–H and O–H groups in total. The normalized spacial score (nSPS) is 11.9. The second-order valence-corrected chi connectivity index (χ2v) is 9.95. The van der Waals surface area contributed by atoms with E-state index < -0.39 is 17.7 Å². The molecule has 0 aliphatic carbocycles. The Hall–Kier alpha value is -2.43. The number of thiazole rings is 2. The summed E-state index contributed by atoms with van der Waals surface area (Å²) >= 11 is 4.47. The Morgan fingerprint density at radius 2 is 1.84 bits per heavy atom. The third-order valence-electron chi connectivity index (χ3n) is 4.43. The van der Waals surface area contributed by atoms with Gasteiger partial charge in [-0.15, -0.1) is 34.4 Å². The van der Waals surface area contributed by atoms with Crippen molar-refractivity contribution in [1.82, 2.24) is 9.97 Å². The van der Waals surface area contributed by atoms with Gasteiger partial charge in [0.1, 0.15) is 10.0 Å². The molecule has 0 saturated carbocycles. The molecule has 4 rings (SSSR count). The topological polar surface area (TPSA) is 63.1 Å². The van der Waals surface area contributed by atoms with E-state index in [1.54, 1.807) is 11.8 Å². The standard InChI is InChI=1S/C21H15F3N2O2S3/c1-11-17(31-20(25-11)12-2-4-13(5-3-12)21(22,23)24)10-29-14-6-7-15-16(8-14)30-18(26-15)9-19(27)28/h2-8H,9-10H2,1H3,(H,27,28). The molecule has 0 amide bonds. The highest BCUT2D eigenvalue weighted by Gasteiger charge is 2.30. The van der Waals surface area contributed by atoms with Crippen molar-refractivity contribution in [1.29, 1.82) is 0 Å². The van der Waals surface area contributed by atoms with Gasteiger partial charge in [0.2, 0.25) is 0 Å². The Balaban J connectivity index is 1.48. The van der Waals surface area contributed by atoms with Crippen molar-refractivity contribution in [2.45, 2.75) is 30.2 Å². The van der Waals surface area contributed by atoms with E-state index in [4.69, 9.17) is 5.11 Å². The molecular formula is C21H15F3N2O2S3. The van der Waals surface area contributed by atoms with Crippen LogP contribution in [0.15, 0.2) is 47.4 Å². The Labute approximate surface area is 187 Å². The SMILES string of the molecule is Cc1nc(-c2ccc(C(F)(F)F)cc2)sc1CSc1ccc2nc(CC(=O)O)sc2c1. The summed E-state index contributed by atoms with van der Waals surface area (Å²) in [5, 5.41) is 10.2. The first-order chi connectivity index (χ1) is 14.7. The molecule has 0 spiro atoms. The van der Waals surface area contributed by atoms with E-state index >= 15 is 0 Å². The Morgan fingerprint density at radius 3 is 2.52 bits per heavy atom. The van der Waals surface area contributed by atoms with Gasteiger partial charge in [-0.05, 0) is 37.3 Å². The van der Waals surface area contributed by atoms with Gasteiger partial charge in [0.25, 0.3) is 0 Å². The average Bonchev–Trinajstić information content (AvgIpc) is 3.27. The van der Waals surface area contributed by atoms with E-state index in [1.807, 2.05) is 25.1 Å². The van der Waals surface area contributed by atoms with E-state index in [0.717, 1.165) is 37.8 Å². The lowest BCUT2D eigenvalue weighted by atomic mass is 10.1. The van der Waals surface area contributed by atoms with Crippen molar-refractivity contribution in [3.63, 3.8) is 0 Å². The van der Waals surface area contributed by atoms with Gasteiger partial charge in [-0.2, -0.15) is 13.2 Å². The minimum Gasteiger partial charge on any atom is -0.481 e. The number of aromatic nitrogens is 2. The fourth-order valence-corrected chi connectivity index (χ4v) is 6.10. The minimum absolute atomic E-state index is 0.0887. The largest absolute Gasteiger partial charge is 0.481 e. The molecule has 2 heterocycles. The zero-order chi connectivity index (χ0) is 22.2. The summed E-state index contributed by atoms with van der Waals surface area (Å²) in [7, 11) is 0. The quantitative estimate of drug-likeness (QED) is 0.313. The molecule has 2 aromatic heterocycles. The van der Waals surface area contributed by atoms with Crippen molar-refractivity contribution in [3.8, 4) is 10.6 Å². The number of rotatable bonds is 6. The number of alkyl halides is 3. The van der Waals surface area contributed by atoms with E-state index in [-0.39, 0.29) is 6.42 Å². The van der Waals surface area contributed by atoms with Gasteiger partial charge in [0, 0.05) is 21.1 Å². The summed E-state index contributed by atoms with van der Waals surface area (Å²) in [5.74, 6) is -0.227. The van der Waals surface area contributed by atoms with Gasteiger partial charge in [-0.3, -0.25) is 4.79 Å². The van der Waals surface area contributed by atoms with Crippen LogP contribution in [-0.2, 0) is 23.1 Å². The first-order valence-corrected chi connectivity index (χ1v) is 11.7. The first kappa shape index (κ1) is 21.8. The van der Waals surface area contributed by atoms with E-state index in [2.05, 4.69) is 9.97 Å².